The Morgan fingerprint density at radius 3 is 2.45 bits per heavy atom. The number of hydrogen-bond donors (Lipinski definition) is 2. The smallest absolute Gasteiger partial charge is 0.191 e. The van der Waals surface area contributed by atoms with Crippen molar-refractivity contribution in [1.29, 1.82) is 0 Å². The quantitative estimate of drug-likeness (QED) is 0.373. The summed E-state index contributed by atoms with van der Waals surface area (Å²) in [5, 5.41) is 6.83. The second kappa shape index (κ2) is 10.6. The first kappa shape index (κ1) is 21.9. The van der Waals surface area contributed by atoms with Gasteiger partial charge < -0.3 is 20.3 Å². The van der Waals surface area contributed by atoms with E-state index in [1.54, 1.807) is 0 Å². The third kappa shape index (κ3) is 7.97. The maximum Gasteiger partial charge on any atom is 0.191 e. The van der Waals surface area contributed by atoms with Crippen LogP contribution in [0.3, 0.4) is 0 Å². The Bertz CT molecular complexity index is 328. The molecule has 6 heteroatoms. The summed E-state index contributed by atoms with van der Waals surface area (Å²) < 4.78 is 5.80. The first-order chi connectivity index (χ1) is 9.86. The average molecular weight is 426 g/mol. The van der Waals surface area contributed by atoms with Gasteiger partial charge in [0.1, 0.15) is 0 Å². The normalized spacial score (nSPS) is 23.5. The zero-order valence-corrected chi connectivity index (χ0v) is 17.4. The molecule has 1 aliphatic rings. The molecule has 0 amide bonds. The number of ether oxygens (including phenoxy) is 1. The van der Waals surface area contributed by atoms with Crippen molar-refractivity contribution in [1.82, 2.24) is 15.5 Å². The first-order valence-corrected chi connectivity index (χ1v) is 8.11. The SMILES string of the molecule is CN=C(NCC(CC(C)C)N(C)C)NCC1(C)CCCO1.I. The van der Waals surface area contributed by atoms with E-state index in [1.165, 1.54) is 6.42 Å². The Morgan fingerprint density at radius 1 is 1.32 bits per heavy atom. The molecule has 0 aliphatic carbocycles. The van der Waals surface area contributed by atoms with Crippen LogP contribution in [0.25, 0.3) is 0 Å². The zero-order valence-electron chi connectivity index (χ0n) is 15.1. The van der Waals surface area contributed by atoms with Gasteiger partial charge in [-0.25, -0.2) is 0 Å². The van der Waals surface area contributed by atoms with Crippen LogP contribution in [0.5, 0.6) is 0 Å². The third-order valence-electron chi connectivity index (χ3n) is 4.13. The number of aliphatic imine (C=N–C) groups is 1. The molecule has 22 heavy (non-hydrogen) atoms. The van der Waals surface area contributed by atoms with E-state index >= 15 is 0 Å². The van der Waals surface area contributed by atoms with Gasteiger partial charge in [0, 0.05) is 32.8 Å². The molecule has 5 nitrogen and oxygen atoms in total. The van der Waals surface area contributed by atoms with Crippen LogP contribution in [0.15, 0.2) is 4.99 Å². The molecule has 1 saturated heterocycles. The molecule has 1 rings (SSSR count). The van der Waals surface area contributed by atoms with Crippen molar-refractivity contribution < 1.29 is 4.74 Å². The van der Waals surface area contributed by atoms with Gasteiger partial charge in [0.2, 0.25) is 0 Å². The predicted molar refractivity (Wildman–Crippen MR) is 105 cm³/mol. The van der Waals surface area contributed by atoms with Crippen LogP contribution in [0.2, 0.25) is 0 Å². The van der Waals surface area contributed by atoms with Gasteiger partial charge in [0.05, 0.1) is 5.60 Å². The summed E-state index contributed by atoms with van der Waals surface area (Å²) in [5.74, 6) is 1.56. The molecule has 0 aromatic heterocycles. The monoisotopic (exact) mass is 426 g/mol. The van der Waals surface area contributed by atoms with Gasteiger partial charge in [-0.05, 0) is 46.2 Å². The highest BCUT2D eigenvalue weighted by Gasteiger charge is 2.29. The predicted octanol–water partition coefficient (Wildman–Crippen LogP) is 2.31. The lowest BCUT2D eigenvalue weighted by Crippen LogP contribution is -2.49. The molecule has 0 spiro atoms. The number of hydrogen-bond acceptors (Lipinski definition) is 3. The Hall–Kier alpha value is -0.0800. The second-order valence-electron chi connectivity index (χ2n) is 6.96. The van der Waals surface area contributed by atoms with Crippen LogP contribution in [0.1, 0.15) is 40.0 Å². The van der Waals surface area contributed by atoms with E-state index in [1.807, 2.05) is 7.05 Å². The van der Waals surface area contributed by atoms with Gasteiger partial charge in [0.15, 0.2) is 5.96 Å². The van der Waals surface area contributed by atoms with Crippen LogP contribution in [0, 0.1) is 5.92 Å². The van der Waals surface area contributed by atoms with Crippen LogP contribution in [-0.4, -0.2) is 63.3 Å². The molecular weight excluding hydrogens is 391 g/mol. The van der Waals surface area contributed by atoms with E-state index in [0.717, 1.165) is 38.5 Å². The molecule has 1 fully saturated rings. The fraction of sp³-hybridized carbons (Fsp3) is 0.938. The van der Waals surface area contributed by atoms with Crippen LogP contribution >= 0.6 is 24.0 Å². The van der Waals surface area contributed by atoms with E-state index in [0.29, 0.717) is 12.0 Å². The standard InChI is InChI=1S/C16H34N4O.HI/c1-13(2)10-14(20(5)6)11-18-15(17-4)19-12-16(3)8-7-9-21-16;/h13-14H,7-12H2,1-6H3,(H2,17,18,19);1H. The summed E-state index contributed by atoms with van der Waals surface area (Å²) in [7, 11) is 6.09. The summed E-state index contributed by atoms with van der Waals surface area (Å²) in [5.41, 5.74) is -0.0451. The highest BCUT2D eigenvalue weighted by atomic mass is 127. The molecule has 0 radical (unpaired) electrons. The molecule has 0 bridgehead atoms. The fourth-order valence-corrected chi connectivity index (χ4v) is 2.70. The molecule has 1 heterocycles. The largest absolute Gasteiger partial charge is 0.373 e. The molecule has 2 N–H and O–H groups in total. The van der Waals surface area contributed by atoms with Gasteiger partial charge >= 0.3 is 0 Å². The van der Waals surface area contributed by atoms with Crippen molar-refractivity contribution in [3.8, 4) is 0 Å². The minimum absolute atomic E-state index is 0. The summed E-state index contributed by atoms with van der Waals surface area (Å²) >= 11 is 0. The summed E-state index contributed by atoms with van der Waals surface area (Å²) in [6, 6.07) is 0.516. The summed E-state index contributed by atoms with van der Waals surface area (Å²) in [6.07, 6.45) is 3.45. The molecule has 2 atom stereocenters. The van der Waals surface area contributed by atoms with E-state index in [2.05, 4.69) is 55.4 Å². The van der Waals surface area contributed by atoms with E-state index in [9.17, 15) is 0 Å². The van der Waals surface area contributed by atoms with Crippen molar-refractivity contribution in [3.05, 3.63) is 0 Å². The molecule has 0 aromatic carbocycles. The van der Waals surface area contributed by atoms with Crippen molar-refractivity contribution in [2.75, 3.05) is 40.8 Å². The van der Waals surface area contributed by atoms with Crippen LogP contribution in [-0.2, 0) is 4.74 Å². The fourth-order valence-electron chi connectivity index (χ4n) is 2.70. The van der Waals surface area contributed by atoms with E-state index in [-0.39, 0.29) is 29.6 Å². The van der Waals surface area contributed by atoms with Crippen molar-refractivity contribution >= 4 is 29.9 Å². The maximum absolute atomic E-state index is 5.80. The lowest BCUT2D eigenvalue weighted by atomic mass is 10.0. The minimum atomic E-state index is -0.0451. The van der Waals surface area contributed by atoms with E-state index < -0.39 is 0 Å². The Morgan fingerprint density at radius 2 is 2.00 bits per heavy atom. The number of rotatable bonds is 7. The number of guanidine groups is 1. The maximum atomic E-state index is 5.80. The molecule has 1 aliphatic heterocycles. The molecular formula is C16H35IN4O. The lowest BCUT2D eigenvalue weighted by Gasteiger charge is -2.28. The Balaban J connectivity index is 0.00000441. The third-order valence-corrected chi connectivity index (χ3v) is 4.13. The van der Waals surface area contributed by atoms with Gasteiger partial charge in [-0.15, -0.1) is 24.0 Å². The number of nitrogens with one attached hydrogen (secondary N) is 2. The number of likely N-dealkylation sites (N-methyl/N-ethyl adjacent to an activating group) is 1. The molecule has 132 valence electrons. The Kier molecular flexibility index (Phi) is 10.6. The number of halogens is 1. The minimum Gasteiger partial charge on any atom is -0.373 e. The highest BCUT2D eigenvalue weighted by molar-refractivity contribution is 14.0. The van der Waals surface area contributed by atoms with Crippen molar-refractivity contribution in [2.45, 2.75) is 51.7 Å². The van der Waals surface area contributed by atoms with Gasteiger partial charge in [0.25, 0.3) is 0 Å². The first-order valence-electron chi connectivity index (χ1n) is 8.11. The summed E-state index contributed by atoms with van der Waals surface area (Å²) in [6.45, 7) is 9.29. The number of nitrogens with zero attached hydrogens (tertiary/aromatic N) is 2. The molecule has 2 unspecified atom stereocenters. The van der Waals surface area contributed by atoms with Crippen LogP contribution in [0.4, 0.5) is 0 Å². The molecule has 0 saturated carbocycles. The Labute approximate surface area is 153 Å². The van der Waals surface area contributed by atoms with Crippen LogP contribution < -0.4 is 10.6 Å². The highest BCUT2D eigenvalue weighted by Crippen LogP contribution is 2.23. The lowest BCUT2D eigenvalue weighted by molar-refractivity contribution is 0.0242. The van der Waals surface area contributed by atoms with Gasteiger partial charge in [-0.3, -0.25) is 4.99 Å². The molecule has 0 aromatic rings. The van der Waals surface area contributed by atoms with Gasteiger partial charge in [-0.1, -0.05) is 13.8 Å². The van der Waals surface area contributed by atoms with Gasteiger partial charge in [-0.2, -0.15) is 0 Å². The van der Waals surface area contributed by atoms with Crippen molar-refractivity contribution in [3.63, 3.8) is 0 Å². The van der Waals surface area contributed by atoms with E-state index in [4.69, 9.17) is 4.74 Å². The summed E-state index contributed by atoms with van der Waals surface area (Å²) in [4.78, 5) is 6.59. The topological polar surface area (TPSA) is 48.9 Å². The average Bonchev–Trinajstić information content (AvgIpc) is 2.84. The van der Waals surface area contributed by atoms with Crippen molar-refractivity contribution in [2.24, 2.45) is 10.9 Å². The zero-order chi connectivity index (χ0) is 15.9. The second-order valence-corrected chi connectivity index (χ2v) is 6.96.